The van der Waals surface area contributed by atoms with E-state index in [4.69, 9.17) is 5.73 Å². The highest BCUT2D eigenvalue weighted by Gasteiger charge is 2.58. The van der Waals surface area contributed by atoms with Crippen molar-refractivity contribution in [2.75, 3.05) is 0 Å². The van der Waals surface area contributed by atoms with Crippen molar-refractivity contribution in [1.82, 2.24) is 20.0 Å². The predicted molar refractivity (Wildman–Crippen MR) is 117 cm³/mol. The van der Waals surface area contributed by atoms with E-state index in [1.54, 1.807) is 24.3 Å². The van der Waals surface area contributed by atoms with Gasteiger partial charge in [-0.2, -0.15) is 18.3 Å². The molecule has 2 aliphatic carbocycles. The lowest BCUT2D eigenvalue weighted by molar-refractivity contribution is -0.271. The number of carbonyl (C=O) groups excluding carboxylic acids is 3. The molecule has 0 spiro atoms. The van der Waals surface area contributed by atoms with Crippen LogP contribution in [0.1, 0.15) is 49.0 Å². The van der Waals surface area contributed by atoms with Crippen molar-refractivity contribution in [3.05, 3.63) is 30.0 Å². The Morgan fingerprint density at radius 1 is 1.23 bits per heavy atom. The van der Waals surface area contributed by atoms with Crippen LogP contribution in [0.15, 0.2) is 24.3 Å². The predicted octanol–water partition coefficient (Wildman–Crippen LogP) is 1.48. The van der Waals surface area contributed by atoms with E-state index in [1.165, 1.54) is 9.58 Å². The fourth-order valence-electron chi connectivity index (χ4n) is 5.62. The number of likely N-dealkylation sites (tertiary alicyclic amines) is 1. The molecule has 5 rings (SSSR count). The number of primary amides is 1. The molecule has 3 amide bonds. The summed E-state index contributed by atoms with van der Waals surface area (Å²) in [6.45, 7) is -0.210. The third-order valence-corrected chi connectivity index (χ3v) is 7.47. The Bertz CT molecular complexity index is 1200. The molecule has 1 aliphatic heterocycles. The maximum absolute atomic E-state index is 13.3. The van der Waals surface area contributed by atoms with Gasteiger partial charge in [0.1, 0.15) is 12.6 Å². The number of carbonyl (C=O) groups is 3. The Balaban J connectivity index is 1.31. The number of nitrogens with one attached hydrogen (secondary N) is 1. The first-order chi connectivity index (χ1) is 16.5. The van der Waals surface area contributed by atoms with Gasteiger partial charge in [-0.05, 0) is 44.1 Å². The maximum Gasteiger partial charge on any atom is 0.417 e. The zero-order valence-electron chi connectivity index (χ0n) is 18.8. The molecule has 2 heterocycles. The Labute approximate surface area is 198 Å². The van der Waals surface area contributed by atoms with E-state index in [2.05, 4.69) is 10.4 Å². The number of para-hydroxylation sites is 1. The van der Waals surface area contributed by atoms with Gasteiger partial charge in [-0.3, -0.25) is 19.1 Å². The number of aliphatic hydroxyl groups is 1. The highest BCUT2D eigenvalue weighted by atomic mass is 19.4. The van der Waals surface area contributed by atoms with E-state index in [0.29, 0.717) is 23.7 Å². The second-order valence-electron chi connectivity index (χ2n) is 9.83. The standard InChI is InChI=1S/C23H26F3N5O4/c24-23(25,26)22(35)7-3-4-13(10-22)28-21(34)17-9-12-8-16(12)31(17)18(32)11-30-15-6-2-1-5-14(15)19(29-30)20(27)33/h1-2,5-6,12-13,16-17,35H,3-4,7-11H2,(H2,27,33)(H,28,34)/t12-,13?,16-,17+,22?/m1/s1. The molecule has 12 heteroatoms. The molecule has 35 heavy (non-hydrogen) atoms. The molecular weight excluding hydrogens is 467 g/mol. The molecule has 2 saturated carbocycles. The van der Waals surface area contributed by atoms with E-state index in [9.17, 15) is 32.7 Å². The van der Waals surface area contributed by atoms with Gasteiger partial charge in [0.2, 0.25) is 11.8 Å². The molecule has 1 aromatic carbocycles. The number of rotatable bonds is 5. The minimum atomic E-state index is -4.77. The summed E-state index contributed by atoms with van der Waals surface area (Å²) in [5.41, 5.74) is 3.19. The summed E-state index contributed by atoms with van der Waals surface area (Å²) in [6, 6.07) is 5.12. The van der Waals surface area contributed by atoms with Crippen LogP contribution < -0.4 is 11.1 Å². The lowest BCUT2D eigenvalue weighted by atomic mass is 9.81. The summed E-state index contributed by atoms with van der Waals surface area (Å²) >= 11 is 0. The first kappa shape index (κ1) is 23.6. The zero-order valence-corrected chi connectivity index (χ0v) is 18.8. The van der Waals surface area contributed by atoms with E-state index >= 15 is 0 Å². The number of nitrogens with zero attached hydrogens (tertiary/aromatic N) is 3. The van der Waals surface area contributed by atoms with Crippen LogP contribution in [0.4, 0.5) is 13.2 Å². The number of amides is 3. The van der Waals surface area contributed by atoms with Crippen LogP contribution in [0.5, 0.6) is 0 Å². The SMILES string of the molecule is NC(=O)c1nn(CC(=O)N2[C@@H]3C[C@@H]3C[C@H]2C(=O)NC2CCCC(O)(C(F)(F)F)C2)c2ccccc12. The highest BCUT2D eigenvalue weighted by molar-refractivity contribution is 6.04. The molecule has 2 unspecified atom stereocenters. The van der Waals surface area contributed by atoms with Gasteiger partial charge in [-0.25, -0.2) is 0 Å². The van der Waals surface area contributed by atoms with Crippen molar-refractivity contribution in [1.29, 1.82) is 0 Å². The monoisotopic (exact) mass is 493 g/mol. The van der Waals surface area contributed by atoms with Crippen molar-refractivity contribution in [3.8, 4) is 0 Å². The van der Waals surface area contributed by atoms with Crippen LogP contribution in [0.25, 0.3) is 10.9 Å². The van der Waals surface area contributed by atoms with Gasteiger partial charge in [0.15, 0.2) is 11.3 Å². The Kier molecular flexibility index (Phi) is 5.53. The molecule has 3 fully saturated rings. The van der Waals surface area contributed by atoms with Crippen molar-refractivity contribution < 1.29 is 32.7 Å². The summed E-state index contributed by atoms with van der Waals surface area (Å²) in [4.78, 5) is 39.6. The van der Waals surface area contributed by atoms with Gasteiger partial charge in [0.05, 0.1) is 5.52 Å². The first-order valence-corrected chi connectivity index (χ1v) is 11.6. The molecule has 188 valence electrons. The summed E-state index contributed by atoms with van der Waals surface area (Å²) in [5.74, 6) is -1.43. The summed E-state index contributed by atoms with van der Waals surface area (Å²) in [7, 11) is 0. The molecule has 9 nitrogen and oxygen atoms in total. The highest BCUT2D eigenvalue weighted by Crippen LogP contribution is 2.48. The molecular formula is C23H26F3N5O4. The van der Waals surface area contributed by atoms with Gasteiger partial charge in [0.25, 0.3) is 5.91 Å². The van der Waals surface area contributed by atoms with Gasteiger partial charge < -0.3 is 21.1 Å². The fourth-order valence-corrected chi connectivity index (χ4v) is 5.62. The average molecular weight is 493 g/mol. The lowest BCUT2D eigenvalue weighted by Gasteiger charge is -2.39. The van der Waals surface area contributed by atoms with Gasteiger partial charge >= 0.3 is 6.18 Å². The third kappa shape index (κ3) is 4.13. The summed E-state index contributed by atoms with van der Waals surface area (Å²) in [6.07, 6.45) is -4.12. The maximum atomic E-state index is 13.3. The molecule has 0 bridgehead atoms. The van der Waals surface area contributed by atoms with E-state index < -0.39 is 48.5 Å². The summed E-state index contributed by atoms with van der Waals surface area (Å²) < 4.78 is 41.2. The number of hydrogen-bond acceptors (Lipinski definition) is 5. The van der Waals surface area contributed by atoms with Crippen LogP contribution >= 0.6 is 0 Å². The number of fused-ring (bicyclic) bond motifs is 2. The first-order valence-electron chi connectivity index (χ1n) is 11.6. The van der Waals surface area contributed by atoms with Crippen LogP contribution in [0.3, 0.4) is 0 Å². The number of halogens is 3. The third-order valence-electron chi connectivity index (χ3n) is 7.47. The molecule has 4 N–H and O–H groups in total. The van der Waals surface area contributed by atoms with Crippen LogP contribution in [-0.4, -0.2) is 67.4 Å². The molecule has 1 saturated heterocycles. The number of alkyl halides is 3. The fraction of sp³-hybridized carbons (Fsp3) is 0.565. The minimum Gasteiger partial charge on any atom is -0.380 e. The Morgan fingerprint density at radius 2 is 1.97 bits per heavy atom. The van der Waals surface area contributed by atoms with Crippen molar-refractivity contribution >= 4 is 28.6 Å². The second kappa shape index (κ2) is 8.21. The smallest absolute Gasteiger partial charge is 0.380 e. The van der Waals surface area contributed by atoms with Crippen LogP contribution in [-0.2, 0) is 16.1 Å². The molecule has 5 atom stereocenters. The minimum absolute atomic E-state index is 0.0443. The van der Waals surface area contributed by atoms with E-state index in [0.717, 1.165) is 6.42 Å². The molecule has 1 aromatic heterocycles. The Hall–Kier alpha value is -3.15. The van der Waals surface area contributed by atoms with Crippen molar-refractivity contribution in [3.63, 3.8) is 0 Å². The number of benzene rings is 1. The normalized spacial score (nSPS) is 30.2. The van der Waals surface area contributed by atoms with Crippen molar-refractivity contribution in [2.24, 2.45) is 11.7 Å². The zero-order chi connectivity index (χ0) is 25.1. The number of nitrogens with two attached hydrogens (primary N) is 1. The van der Waals surface area contributed by atoms with E-state index in [1.807, 2.05) is 0 Å². The largest absolute Gasteiger partial charge is 0.417 e. The topological polar surface area (TPSA) is 131 Å². The average Bonchev–Trinajstić information content (AvgIpc) is 3.28. The van der Waals surface area contributed by atoms with Crippen LogP contribution in [0.2, 0.25) is 0 Å². The van der Waals surface area contributed by atoms with Crippen molar-refractivity contribution in [2.45, 2.75) is 75.0 Å². The number of aromatic nitrogens is 2. The molecule has 2 aromatic rings. The molecule has 0 radical (unpaired) electrons. The lowest BCUT2D eigenvalue weighted by Crippen LogP contribution is -2.56. The van der Waals surface area contributed by atoms with Gasteiger partial charge in [-0.1, -0.05) is 18.2 Å². The number of piperidine rings is 1. The van der Waals surface area contributed by atoms with Gasteiger partial charge in [0, 0.05) is 23.9 Å². The van der Waals surface area contributed by atoms with E-state index in [-0.39, 0.29) is 36.5 Å². The quantitative estimate of drug-likeness (QED) is 0.581. The second-order valence-corrected chi connectivity index (χ2v) is 9.83. The van der Waals surface area contributed by atoms with Gasteiger partial charge in [-0.15, -0.1) is 0 Å². The number of hydrogen-bond donors (Lipinski definition) is 3. The van der Waals surface area contributed by atoms with Crippen LogP contribution in [0, 0.1) is 5.92 Å². The Morgan fingerprint density at radius 3 is 2.69 bits per heavy atom. The summed E-state index contributed by atoms with van der Waals surface area (Å²) in [5, 5.41) is 17.4. The molecule has 3 aliphatic rings.